The molecule has 1 aliphatic rings. The Morgan fingerprint density at radius 2 is 2.00 bits per heavy atom. The van der Waals surface area contributed by atoms with Crippen molar-refractivity contribution in [3.05, 3.63) is 65.0 Å². The molecule has 1 aliphatic heterocycles. The molecule has 1 amide bonds. The average molecular weight is 410 g/mol. The third kappa shape index (κ3) is 4.21. The lowest BCUT2D eigenvalue weighted by Crippen LogP contribution is -3.05. The summed E-state index contributed by atoms with van der Waals surface area (Å²) in [6.45, 7) is 3.12. The molecule has 30 heavy (non-hydrogen) atoms. The van der Waals surface area contributed by atoms with Gasteiger partial charge in [0.15, 0.2) is 0 Å². The van der Waals surface area contributed by atoms with Crippen LogP contribution < -0.4 is 9.64 Å². The van der Waals surface area contributed by atoms with Gasteiger partial charge in [0.25, 0.3) is 11.7 Å². The Balaban J connectivity index is 2.08. The summed E-state index contributed by atoms with van der Waals surface area (Å²) in [4.78, 5) is 33.0. The van der Waals surface area contributed by atoms with Crippen LogP contribution in [0.2, 0.25) is 0 Å². The van der Waals surface area contributed by atoms with Crippen LogP contribution in [-0.4, -0.2) is 61.0 Å². The van der Waals surface area contributed by atoms with Gasteiger partial charge in [0.1, 0.15) is 17.6 Å². The van der Waals surface area contributed by atoms with Crippen molar-refractivity contribution in [3.8, 4) is 5.75 Å². The smallest absolute Gasteiger partial charge is 0.295 e. The zero-order valence-corrected chi connectivity index (χ0v) is 17.8. The number of carbonyl (C=O) groups is 2. The summed E-state index contributed by atoms with van der Waals surface area (Å²) in [5, 5.41) is 11.1. The Kier molecular flexibility index (Phi) is 6.52. The van der Waals surface area contributed by atoms with Gasteiger partial charge in [-0.3, -0.25) is 14.6 Å². The van der Waals surface area contributed by atoms with Gasteiger partial charge >= 0.3 is 0 Å². The Hall–Kier alpha value is -3.19. The summed E-state index contributed by atoms with van der Waals surface area (Å²) in [6, 6.07) is 9.79. The van der Waals surface area contributed by atoms with Gasteiger partial charge in [-0.05, 0) is 42.8 Å². The number of rotatable bonds is 7. The number of carbonyl (C=O) groups excluding carboxylic acids is 2. The fourth-order valence-corrected chi connectivity index (χ4v) is 3.74. The van der Waals surface area contributed by atoms with Gasteiger partial charge in [-0.15, -0.1) is 0 Å². The number of hydrogen-bond acceptors (Lipinski definition) is 5. The first-order chi connectivity index (χ1) is 14.3. The van der Waals surface area contributed by atoms with Gasteiger partial charge < -0.3 is 19.6 Å². The number of likely N-dealkylation sites (tertiary alicyclic amines) is 1. The minimum absolute atomic E-state index is 0.0699. The number of amides is 1. The lowest BCUT2D eigenvalue weighted by molar-refractivity contribution is -0.858. The number of ketones is 1. The van der Waals surface area contributed by atoms with E-state index in [0.717, 1.165) is 18.5 Å². The number of methoxy groups -OCH3 is 1. The number of Topliss-reactive ketones (excluding diaryl/α,β-unsaturated/α-hetero) is 1. The number of pyridine rings is 1. The Morgan fingerprint density at radius 3 is 2.60 bits per heavy atom. The molecule has 0 aliphatic carbocycles. The van der Waals surface area contributed by atoms with Crippen molar-refractivity contribution in [1.29, 1.82) is 0 Å². The number of aryl methyl sites for hydroxylation is 1. The van der Waals surface area contributed by atoms with E-state index in [2.05, 4.69) is 4.98 Å². The monoisotopic (exact) mass is 410 g/mol. The summed E-state index contributed by atoms with van der Waals surface area (Å²) < 4.78 is 5.28. The number of quaternary nitrogens is 1. The maximum absolute atomic E-state index is 13.0. The zero-order valence-electron chi connectivity index (χ0n) is 17.8. The first-order valence-electron chi connectivity index (χ1n) is 9.98. The molecule has 158 valence electrons. The highest BCUT2D eigenvalue weighted by molar-refractivity contribution is 6.46. The summed E-state index contributed by atoms with van der Waals surface area (Å²) in [5.74, 6) is -0.810. The largest absolute Gasteiger partial charge is 0.507 e. The molecule has 0 radical (unpaired) electrons. The van der Waals surface area contributed by atoms with Crippen molar-refractivity contribution in [2.24, 2.45) is 0 Å². The maximum Gasteiger partial charge on any atom is 0.295 e. The lowest BCUT2D eigenvalue weighted by atomic mass is 9.97. The lowest BCUT2D eigenvalue weighted by Gasteiger charge is -2.24. The fraction of sp³-hybridized carbons (Fsp3) is 0.348. The SMILES string of the molecule is COc1ccc(C(O)=C2C(=O)C(=O)N(CCC[NH+](C)C)[C@H]2c2ccccn2)cc1C. The molecule has 1 atom stereocenters. The molecule has 7 heteroatoms. The zero-order chi connectivity index (χ0) is 21.8. The van der Waals surface area contributed by atoms with Crippen LogP contribution in [0.1, 0.15) is 29.3 Å². The molecule has 0 spiro atoms. The van der Waals surface area contributed by atoms with Crippen LogP contribution in [0.4, 0.5) is 0 Å². The third-order valence-electron chi connectivity index (χ3n) is 5.25. The van der Waals surface area contributed by atoms with Crippen LogP contribution in [0, 0.1) is 6.92 Å². The third-order valence-corrected chi connectivity index (χ3v) is 5.25. The molecule has 0 saturated carbocycles. The van der Waals surface area contributed by atoms with Crippen LogP contribution in [0.25, 0.3) is 5.76 Å². The predicted octanol–water partition coefficient (Wildman–Crippen LogP) is 1.35. The van der Waals surface area contributed by atoms with Crippen molar-refractivity contribution < 1.29 is 24.3 Å². The molecule has 1 aromatic heterocycles. The van der Waals surface area contributed by atoms with E-state index < -0.39 is 17.7 Å². The molecule has 2 N–H and O–H groups in total. The molecule has 7 nitrogen and oxygen atoms in total. The van der Waals surface area contributed by atoms with Gasteiger partial charge in [-0.2, -0.15) is 0 Å². The van der Waals surface area contributed by atoms with Gasteiger partial charge in [-0.1, -0.05) is 6.07 Å². The van der Waals surface area contributed by atoms with Gasteiger partial charge in [0.05, 0.1) is 39.0 Å². The minimum Gasteiger partial charge on any atom is -0.507 e. The van der Waals surface area contributed by atoms with Crippen molar-refractivity contribution in [2.45, 2.75) is 19.4 Å². The molecule has 1 fully saturated rings. The molecular formula is C23H28N3O4+. The molecule has 2 aromatic rings. The van der Waals surface area contributed by atoms with E-state index in [1.807, 2.05) is 27.1 Å². The van der Waals surface area contributed by atoms with Crippen molar-refractivity contribution in [2.75, 3.05) is 34.3 Å². The summed E-state index contributed by atoms with van der Waals surface area (Å²) in [5.41, 5.74) is 1.91. The van der Waals surface area contributed by atoms with Gasteiger partial charge in [-0.25, -0.2) is 0 Å². The van der Waals surface area contributed by atoms with Crippen LogP contribution in [0.5, 0.6) is 5.75 Å². The predicted molar refractivity (Wildman–Crippen MR) is 113 cm³/mol. The molecule has 0 unspecified atom stereocenters. The standard InChI is InChI=1S/C23H27N3O4/c1-15-14-16(9-10-18(15)30-4)21(27)19-20(17-8-5-6-11-24-17)26(23(29)22(19)28)13-7-12-25(2)3/h5-6,8-11,14,20,27H,7,12-13H2,1-4H3/p+1/t20-/m0/s1. The van der Waals surface area contributed by atoms with Crippen molar-refractivity contribution in [1.82, 2.24) is 9.88 Å². The number of benzene rings is 1. The number of nitrogens with one attached hydrogen (secondary N) is 1. The van der Waals surface area contributed by atoms with E-state index in [1.54, 1.807) is 43.6 Å². The number of nitrogens with zero attached hydrogens (tertiary/aromatic N) is 2. The van der Waals surface area contributed by atoms with Crippen molar-refractivity contribution >= 4 is 17.4 Å². The first-order valence-corrected chi connectivity index (χ1v) is 9.98. The quantitative estimate of drug-likeness (QED) is 0.409. The van der Waals surface area contributed by atoms with E-state index in [9.17, 15) is 14.7 Å². The second kappa shape index (κ2) is 9.09. The van der Waals surface area contributed by atoms with E-state index in [-0.39, 0.29) is 11.3 Å². The normalized spacial score (nSPS) is 18.3. The number of ether oxygens (including phenoxy) is 1. The number of aromatic nitrogens is 1. The second-order valence-corrected chi connectivity index (χ2v) is 7.74. The molecule has 1 aromatic carbocycles. The Morgan fingerprint density at radius 1 is 1.23 bits per heavy atom. The Labute approximate surface area is 176 Å². The van der Waals surface area contributed by atoms with Crippen LogP contribution in [0.3, 0.4) is 0 Å². The first kappa shape index (κ1) is 21.5. The van der Waals surface area contributed by atoms with Gasteiger partial charge in [0, 0.05) is 24.7 Å². The molecule has 0 bridgehead atoms. The molecule has 3 rings (SSSR count). The van der Waals surface area contributed by atoms with Crippen LogP contribution in [-0.2, 0) is 9.59 Å². The number of aliphatic hydroxyl groups excluding tert-OH is 1. The highest BCUT2D eigenvalue weighted by Crippen LogP contribution is 2.39. The Bertz CT molecular complexity index is 970. The van der Waals surface area contributed by atoms with Crippen LogP contribution >= 0.6 is 0 Å². The summed E-state index contributed by atoms with van der Waals surface area (Å²) in [6.07, 6.45) is 2.36. The van der Waals surface area contributed by atoms with E-state index in [0.29, 0.717) is 23.6 Å². The van der Waals surface area contributed by atoms with E-state index in [4.69, 9.17) is 4.74 Å². The second-order valence-electron chi connectivity index (χ2n) is 7.74. The van der Waals surface area contributed by atoms with Crippen molar-refractivity contribution in [3.63, 3.8) is 0 Å². The highest BCUT2D eigenvalue weighted by atomic mass is 16.5. The number of hydrogen-bond donors (Lipinski definition) is 2. The van der Waals surface area contributed by atoms with Crippen LogP contribution in [0.15, 0.2) is 48.2 Å². The topological polar surface area (TPSA) is 84.2 Å². The average Bonchev–Trinajstić information content (AvgIpc) is 2.98. The number of aliphatic hydroxyl groups is 1. The molecular weight excluding hydrogens is 382 g/mol. The van der Waals surface area contributed by atoms with Gasteiger partial charge in [0.2, 0.25) is 0 Å². The summed E-state index contributed by atoms with van der Waals surface area (Å²) in [7, 11) is 5.65. The fourth-order valence-electron chi connectivity index (χ4n) is 3.74. The minimum atomic E-state index is -0.717. The highest BCUT2D eigenvalue weighted by Gasteiger charge is 2.46. The molecule has 1 saturated heterocycles. The summed E-state index contributed by atoms with van der Waals surface area (Å²) >= 11 is 0. The maximum atomic E-state index is 13.0. The van der Waals surface area contributed by atoms with E-state index >= 15 is 0 Å². The van der Waals surface area contributed by atoms with E-state index in [1.165, 1.54) is 9.80 Å². The molecule has 2 heterocycles.